The van der Waals surface area contributed by atoms with Crippen LogP contribution in [-0.4, -0.2) is 25.0 Å². The van der Waals surface area contributed by atoms with Gasteiger partial charge in [0.1, 0.15) is 0 Å². The lowest BCUT2D eigenvalue weighted by atomic mass is 10.2. The number of anilines is 3. The summed E-state index contributed by atoms with van der Waals surface area (Å²) in [6, 6.07) is 28.8. The minimum atomic E-state index is -0.291. The second-order valence-corrected chi connectivity index (χ2v) is 6.76. The average molecular weight is 370 g/mol. The second-order valence-electron chi connectivity index (χ2n) is 6.76. The largest absolute Gasteiger partial charge is 0.357 e. The summed E-state index contributed by atoms with van der Waals surface area (Å²) in [5, 5.41) is 3.67. The molecule has 2 heterocycles. The van der Waals surface area contributed by atoms with Crippen LogP contribution in [0.4, 0.5) is 22.7 Å². The predicted octanol–water partition coefficient (Wildman–Crippen LogP) is 4.82. The van der Waals surface area contributed by atoms with Gasteiger partial charge in [0.15, 0.2) is 12.0 Å². The van der Waals surface area contributed by atoms with Crippen molar-refractivity contribution in [1.82, 2.24) is 0 Å². The summed E-state index contributed by atoms with van der Waals surface area (Å²) < 4.78 is 6.26. The Morgan fingerprint density at radius 2 is 1.50 bits per heavy atom. The zero-order valence-corrected chi connectivity index (χ0v) is 15.7. The summed E-state index contributed by atoms with van der Waals surface area (Å²) in [5.41, 5.74) is 4.12. The number of hydrogen-bond donors (Lipinski definition) is 1. The topological polar surface area (TPSA) is 40.1 Å². The van der Waals surface area contributed by atoms with E-state index in [9.17, 15) is 0 Å². The number of aliphatic imine (C=N–C) groups is 1. The van der Waals surface area contributed by atoms with E-state index in [1.54, 1.807) is 0 Å². The molecule has 2 aliphatic heterocycles. The van der Waals surface area contributed by atoms with Crippen LogP contribution in [0.2, 0.25) is 0 Å². The first kappa shape index (κ1) is 16.8. The van der Waals surface area contributed by atoms with Gasteiger partial charge in [-0.05, 0) is 43.3 Å². The van der Waals surface area contributed by atoms with Crippen LogP contribution in [0.1, 0.15) is 6.92 Å². The third-order valence-corrected chi connectivity index (χ3v) is 5.06. The van der Waals surface area contributed by atoms with Crippen molar-refractivity contribution in [2.75, 3.05) is 21.7 Å². The van der Waals surface area contributed by atoms with Crippen LogP contribution in [0.15, 0.2) is 89.9 Å². The molecule has 0 radical (unpaired) electrons. The number of nitrogens with zero attached hydrogens (tertiary/aromatic N) is 3. The van der Waals surface area contributed by atoms with E-state index in [2.05, 4.69) is 57.6 Å². The van der Waals surface area contributed by atoms with Crippen LogP contribution in [0, 0.1) is 0 Å². The highest BCUT2D eigenvalue weighted by Crippen LogP contribution is 2.40. The monoisotopic (exact) mass is 370 g/mol. The Balaban J connectivity index is 1.69. The Kier molecular flexibility index (Phi) is 4.22. The highest BCUT2D eigenvalue weighted by atomic mass is 16.5. The van der Waals surface area contributed by atoms with Crippen LogP contribution in [0.5, 0.6) is 0 Å². The molecule has 5 heteroatoms. The molecule has 2 aliphatic rings. The molecule has 0 aliphatic carbocycles. The van der Waals surface area contributed by atoms with Gasteiger partial charge in [-0.25, -0.2) is 4.99 Å². The van der Waals surface area contributed by atoms with Gasteiger partial charge in [-0.2, -0.15) is 0 Å². The molecular weight excluding hydrogens is 348 g/mol. The average Bonchev–Trinajstić information content (AvgIpc) is 3.06. The number of fused-ring (bicyclic) bond motifs is 2. The smallest absolute Gasteiger partial charge is 0.217 e. The Morgan fingerprint density at radius 3 is 2.21 bits per heavy atom. The molecule has 140 valence electrons. The standard InChI is InChI=1S/C23H22N4O/c1-2-28-23-26(17-11-5-3-6-12-17)21-22(27(23)18-13-7-4-8-14-18)25-20-16-10-9-15-19(20)24-21/h3-16,21,23-24H,2H2,1H3. The first-order valence-corrected chi connectivity index (χ1v) is 9.60. The molecule has 3 aromatic carbocycles. The molecule has 2 unspecified atom stereocenters. The molecule has 1 saturated heterocycles. The van der Waals surface area contributed by atoms with Gasteiger partial charge in [0.05, 0.1) is 11.4 Å². The molecule has 5 rings (SSSR count). The summed E-state index contributed by atoms with van der Waals surface area (Å²) in [5.74, 6) is 0.937. The zero-order chi connectivity index (χ0) is 18.9. The van der Waals surface area contributed by atoms with E-state index in [1.807, 2.05) is 49.4 Å². The van der Waals surface area contributed by atoms with Crippen molar-refractivity contribution in [3.63, 3.8) is 0 Å². The Labute approximate surface area is 164 Å². The van der Waals surface area contributed by atoms with E-state index < -0.39 is 0 Å². The lowest BCUT2D eigenvalue weighted by Crippen LogP contribution is -2.45. The third-order valence-electron chi connectivity index (χ3n) is 5.06. The van der Waals surface area contributed by atoms with E-state index in [1.165, 1.54) is 0 Å². The Morgan fingerprint density at radius 1 is 0.857 bits per heavy atom. The molecule has 3 aromatic rings. The number of benzene rings is 3. The van der Waals surface area contributed by atoms with E-state index in [0.29, 0.717) is 6.61 Å². The van der Waals surface area contributed by atoms with Crippen LogP contribution in [-0.2, 0) is 4.74 Å². The van der Waals surface area contributed by atoms with E-state index in [0.717, 1.165) is 28.6 Å². The van der Waals surface area contributed by atoms with Gasteiger partial charge >= 0.3 is 0 Å². The summed E-state index contributed by atoms with van der Waals surface area (Å²) in [6.45, 7) is 2.63. The maximum atomic E-state index is 6.26. The fourth-order valence-electron chi connectivity index (χ4n) is 3.86. The van der Waals surface area contributed by atoms with Crippen LogP contribution < -0.4 is 15.1 Å². The minimum absolute atomic E-state index is 0.117. The molecule has 0 saturated carbocycles. The molecule has 0 spiro atoms. The van der Waals surface area contributed by atoms with Crippen LogP contribution >= 0.6 is 0 Å². The molecule has 1 fully saturated rings. The van der Waals surface area contributed by atoms with Crippen molar-refractivity contribution >= 4 is 28.6 Å². The summed E-state index contributed by atoms with van der Waals surface area (Å²) in [6.07, 6.45) is -0.408. The third kappa shape index (κ3) is 2.72. The van der Waals surface area contributed by atoms with Crippen molar-refractivity contribution in [2.45, 2.75) is 19.4 Å². The van der Waals surface area contributed by atoms with E-state index in [4.69, 9.17) is 9.73 Å². The SMILES string of the molecule is CCOC1N(c2ccccc2)C2=Nc3ccccc3NC2N1c1ccccc1. The first-order chi connectivity index (χ1) is 13.9. The van der Waals surface area contributed by atoms with Crippen LogP contribution in [0.3, 0.4) is 0 Å². The normalized spacial score (nSPS) is 20.2. The second kappa shape index (κ2) is 7.02. The van der Waals surface area contributed by atoms with Gasteiger partial charge in [-0.15, -0.1) is 0 Å². The van der Waals surface area contributed by atoms with Gasteiger partial charge in [-0.3, -0.25) is 4.90 Å². The Bertz CT molecular complexity index is 990. The van der Waals surface area contributed by atoms with Gasteiger partial charge in [0, 0.05) is 18.0 Å². The predicted molar refractivity (Wildman–Crippen MR) is 114 cm³/mol. The van der Waals surface area contributed by atoms with Gasteiger partial charge in [0.2, 0.25) is 6.35 Å². The van der Waals surface area contributed by atoms with Crippen LogP contribution in [0.25, 0.3) is 0 Å². The maximum absolute atomic E-state index is 6.26. The highest BCUT2D eigenvalue weighted by molar-refractivity contribution is 6.11. The fourth-order valence-corrected chi connectivity index (χ4v) is 3.86. The number of rotatable bonds is 4. The molecule has 28 heavy (non-hydrogen) atoms. The van der Waals surface area contributed by atoms with Crippen molar-refractivity contribution in [3.05, 3.63) is 84.9 Å². The minimum Gasteiger partial charge on any atom is -0.357 e. The number of hydrogen-bond acceptors (Lipinski definition) is 5. The molecule has 0 amide bonds. The fraction of sp³-hybridized carbons (Fsp3) is 0.174. The summed E-state index contributed by atoms with van der Waals surface area (Å²) >= 11 is 0. The zero-order valence-electron chi connectivity index (χ0n) is 15.7. The first-order valence-electron chi connectivity index (χ1n) is 9.60. The molecule has 1 N–H and O–H groups in total. The molecular formula is C23H22N4O. The number of para-hydroxylation sites is 4. The number of nitrogens with one attached hydrogen (secondary N) is 1. The van der Waals surface area contributed by atoms with Crippen molar-refractivity contribution < 1.29 is 4.74 Å². The van der Waals surface area contributed by atoms with Crippen molar-refractivity contribution in [1.29, 1.82) is 0 Å². The lowest BCUT2D eigenvalue weighted by molar-refractivity contribution is 0.0736. The highest BCUT2D eigenvalue weighted by Gasteiger charge is 2.47. The van der Waals surface area contributed by atoms with E-state index in [-0.39, 0.29) is 12.5 Å². The summed E-state index contributed by atoms with van der Waals surface area (Å²) in [4.78, 5) is 9.47. The van der Waals surface area contributed by atoms with Crippen molar-refractivity contribution in [3.8, 4) is 0 Å². The van der Waals surface area contributed by atoms with Gasteiger partial charge in [-0.1, -0.05) is 48.5 Å². The number of ether oxygens (including phenoxy) is 1. The maximum Gasteiger partial charge on any atom is 0.217 e. The summed E-state index contributed by atoms with van der Waals surface area (Å²) in [7, 11) is 0. The number of amidine groups is 1. The Hall–Kier alpha value is -3.31. The van der Waals surface area contributed by atoms with Gasteiger partial charge < -0.3 is 15.0 Å². The molecule has 5 nitrogen and oxygen atoms in total. The lowest BCUT2D eigenvalue weighted by Gasteiger charge is -2.33. The van der Waals surface area contributed by atoms with Gasteiger partial charge in [0.25, 0.3) is 0 Å². The van der Waals surface area contributed by atoms with E-state index >= 15 is 0 Å². The molecule has 2 atom stereocenters. The van der Waals surface area contributed by atoms with Crippen molar-refractivity contribution in [2.24, 2.45) is 4.99 Å². The quantitative estimate of drug-likeness (QED) is 0.715. The molecule has 0 aromatic heterocycles. The molecule has 0 bridgehead atoms.